The van der Waals surface area contributed by atoms with Crippen LogP contribution in [0.3, 0.4) is 0 Å². The number of rotatable bonds is 4. The van der Waals surface area contributed by atoms with E-state index in [0.717, 1.165) is 31.0 Å². The Kier molecular flexibility index (Phi) is 4.27. The molecule has 0 aliphatic carbocycles. The van der Waals surface area contributed by atoms with E-state index in [4.69, 9.17) is 16.3 Å². The first kappa shape index (κ1) is 12.0. The van der Waals surface area contributed by atoms with Crippen molar-refractivity contribution >= 4 is 22.9 Å². The summed E-state index contributed by atoms with van der Waals surface area (Å²) in [7, 11) is 0. The fourth-order valence-corrected chi connectivity index (χ4v) is 3.19. The molecule has 4 heteroatoms. The van der Waals surface area contributed by atoms with Crippen LogP contribution in [-0.4, -0.2) is 13.2 Å². The maximum atomic E-state index is 6.19. The molecule has 88 valence electrons. The van der Waals surface area contributed by atoms with Crippen LogP contribution >= 0.6 is 22.9 Å². The largest absolute Gasteiger partial charge is 0.501 e. The van der Waals surface area contributed by atoms with E-state index >= 15 is 0 Å². The van der Waals surface area contributed by atoms with Gasteiger partial charge in [-0.2, -0.15) is 0 Å². The molecule has 1 N–H and O–H groups in total. The number of hydrogen-bond acceptors (Lipinski definition) is 3. The Balaban J connectivity index is 2.23. The van der Waals surface area contributed by atoms with Crippen molar-refractivity contribution in [2.45, 2.75) is 25.8 Å². The molecule has 0 saturated heterocycles. The molecule has 0 spiro atoms. The van der Waals surface area contributed by atoms with Crippen LogP contribution in [-0.2, 0) is 4.74 Å². The number of nitrogens with one attached hydrogen (secondary N) is 1. The van der Waals surface area contributed by atoms with Crippen molar-refractivity contribution < 1.29 is 4.74 Å². The second-order valence-corrected chi connectivity index (χ2v) is 5.15. The van der Waals surface area contributed by atoms with Crippen molar-refractivity contribution in [3.05, 3.63) is 33.2 Å². The van der Waals surface area contributed by atoms with Crippen molar-refractivity contribution in [1.82, 2.24) is 5.32 Å². The van der Waals surface area contributed by atoms with E-state index in [1.54, 1.807) is 11.3 Å². The predicted molar refractivity (Wildman–Crippen MR) is 69.0 cm³/mol. The standard InChI is InChI=1S/C12H16ClNOS/c1-2-14-11(9-4-3-6-15-8-9)12-10(13)5-7-16-12/h5,7-8,11,14H,2-4,6H2,1H3. The van der Waals surface area contributed by atoms with Gasteiger partial charge in [0.1, 0.15) is 0 Å². The lowest BCUT2D eigenvalue weighted by molar-refractivity contribution is 0.219. The maximum absolute atomic E-state index is 6.19. The van der Waals surface area contributed by atoms with Gasteiger partial charge >= 0.3 is 0 Å². The van der Waals surface area contributed by atoms with E-state index in [1.165, 1.54) is 10.5 Å². The van der Waals surface area contributed by atoms with E-state index in [9.17, 15) is 0 Å². The summed E-state index contributed by atoms with van der Waals surface area (Å²) in [6, 6.07) is 2.17. The third-order valence-electron chi connectivity index (χ3n) is 2.65. The van der Waals surface area contributed by atoms with E-state index in [1.807, 2.05) is 17.7 Å². The van der Waals surface area contributed by atoms with E-state index in [0.29, 0.717) is 0 Å². The van der Waals surface area contributed by atoms with Crippen molar-refractivity contribution in [3.8, 4) is 0 Å². The highest BCUT2D eigenvalue weighted by Gasteiger charge is 2.21. The summed E-state index contributed by atoms with van der Waals surface area (Å²) >= 11 is 7.89. The summed E-state index contributed by atoms with van der Waals surface area (Å²) in [6.45, 7) is 3.87. The lowest BCUT2D eigenvalue weighted by Crippen LogP contribution is -2.23. The maximum Gasteiger partial charge on any atom is 0.0876 e. The molecule has 0 aromatic carbocycles. The van der Waals surface area contributed by atoms with Crippen LogP contribution in [0.25, 0.3) is 0 Å². The lowest BCUT2D eigenvalue weighted by atomic mass is 10.0. The molecule has 2 nitrogen and oxygen atoms in total. The molecule has 0 amide bonds. The Labute approximate surface area is 105 Å². The van der Waals surface area contributed by atoms with Crippen LogP contribution in [0.1, 0.15) is 30.7 Å². The summed E-state index contributed by atoms with van der Waals surface area (Å²) < 4.78 is 5.41. The van der Waals surface area contributed by atoms with Crippen LogP contribution in [0.15, 0.2) is 23.3 Å². The zero-order valence-electron chi connectivity index (χ0n) is 9.33. The highest BCUT2D eigenvalue weighted by Crippen LogP contribution is 2.35. The third-order valence-corrected chi connectivity index (χ3v) is 4.07. The van der Waals surface area contributed by atoms with Crippen molar-refractivity contribution in [2.24, 2.45) is 0 Å². The highest BCUT2D eigenvalue weighted by molar-refractivity contribution is 7.10. The predicted octanol–water partition coefficient (Wildman–Crippen LogP) is 3.75. The summed E-state index contributed by atoms with van der Waals surface area (Å²) in [4.78, 5) is 1.19. The molecule has 0 fully saturated rings. The number of thiophene rings is 1. The van der Waals surface area contributed by atoms with Gasteiger partial charge in [-0.15, -0.1) is 11.3 Å². The fraction of sp³-hybridized carbons (Fsp3) is 0.500. The first-order chi connectivity index (χ1) is 7.83. The van der Waals surface area contributed by atoms with Gasteiger partial charge in [0.05, 0.1) is 23.9 Å². The molecule has 16 heavy (non-hydrogen) atoms. The number of likely N-dealkylation sites (N-methyl/N-ethyl adjacent to an activating group) is 1. The minimum atomic E-state index is 0.220. The molecule has 0 saturated carbocycles. The van der Waals surface area contributed by atoms with Gasteiger partial charge in [0.25, 0.3) is 0 Å². The van der Waals surface area contributed by atoms with Gasteiger partial charge < -0.3 is 10.1 Å². The zero-order valence-corrected chi connectivity index (χ0v) is 10.9. The SMILES string of the molecule is CCNC(C1=COCCC1)c1sccc1Cl. The summed E-state index contributed by atoms with van der Waals surface area (Å²) in [5.74, 6) is 0. The lowest BCUT2D eigenvalue weighted by Gasteiger charge is -2.23. The van der Waals surface area contributed by atoms with E-state index < -0.39 is 0 Å². The molecule has 1 aliphatic heterocycles. The fourth-order valence-electron chi connectivity index (χ4n) is 1.90. The first-order valence-corrected chi connectivity index (χ1v) is 6.85. The van der Waals surface area contributed by atoms with Crippen LogP contribution in [0.2, 0.25) is 5.02 Å². The van der Waals surface area contributed by atoms with Crippen LogP contribution < -0.4 is 5.32 Å². The minimum Gasteiger partial charge on any atom is -0.501 e. The van der Waals surface area contributed by atoms with Gasteiger partial charge in [0.2, 0.25) is 0 Å². The monoisotopic (exact) mass is 257 g/mol. The Morgan fingerprint density at radius 3 is 3.06 bits per heavy atom. The third kappa shape index (κ3) is 2.59. The van der Waals surface area contributed by atoms with Crippen molar-refractivity contribution in [1.29, 1.82) is 0 Å². The molecule has 1 unspecified atom stereocenters. The van der Waals surface area contributed by atoms with Gasteiger partial charge in [-0.25, -0.2) is 0 Å². The molecule has 0 radical (unpaired) electrons. The van der Waals surface area contributed by atoms with Gasteiger partial charge in [-0.1, -0.05) is 18.5 Å². The Hall–Kier alpha value is -0.510. The van der Waals surface area contributed by atoms with Crippen LogP contribution in [0.4, 0.5) is 0 Å². The first-order valence-electron chi connectivity index (χ1n) is 5.59. The summed E-state index contributed by atoms with van der Waals surface area (Å²) in [5, 5.41) is 6.36. The topological polar surface area (TPSA) is 21.3 Å². The number of halogens is 1. The van der Waals surface area contributed by atoms with E-state index in [-0.39, 0.29) is 6.04 Å². The molecule has 2 heterocycles. The molecular formula is C12H16ClNOS. The quantitative estimate of drug-likeness (QED) is 0.887. The van der Waals surface area contributed by atoms with E-state index in [2.05, 4.69) is 12.2 Å². The molecular weight excluding hydrogens is 242 g/mol. The highest BCUT2D eigenvalue weighted by atomic mass is 35.5. The average molecular weight is 258 g/mol. The second-order valence-electron chi connectivity index (χ2n) is 3.79. The van der Waals surface area contributed by atoms with Gasteiger partial charge in [0.15, 0.2) is 0 Å². The Morgan fingerprint density at radius 2 is 2.50 bits per heavy atom. The van der Waals surface area contributed by atoms with Crippen LogP contribution in [0.5, 0.6) is 0 Å². The number of ether oxygens (including phenoxy) is 1. The second kappa shape index (κ2) is 5.71. The smallest absolute Gasteiger partial charge is 0.0876 e. The Morgan fingerprint density at radius 1 is 1.62 bits per heavy atom. The van der Waals surface area contributed by atoms with Gasteiger partial charge in [0, 0.05) is 4.88 Å². The van der Waals surface area contributed by atoms with Gasteiger partial charge in [-0.3, -0.25) is 0 Å². The van der Waals surface area contributed by atoms with Crippen LogP contribution in [0, 0.1) is 0 Å². The number of hydrogen-bond donors (Lipinski definition) is 1. The van der Waals surface area contributed by atoms with Crippen molar-refractivity contribution in [3.63, 3.8) is 0 Å². The summed E-state index contributed by atoms with van der Waals surface area (Å²) in [6.07, 6.45) is 4.08. The molecule has 1 aromatic heterocycles. The van der Waals surface area contributed by atoms with Crippen molar-refractivity contribution in [2.75, 3.05) is 13.2 Å². The molecule has 1 aromatic rings. The zero-order chi connectivity index (χ0) is 11.4. The minimum absolute atomic E-state index is 0.220. The normalized spacial score (nSPS) is 17.8. The Bertz CT molecular complexity index is 375. The van der Waals surface area contributed by atoms with Gasteiger partial charge in [-0.05, 0) is 36.4 Å². The average Bonchev–Trinajstić information content (AvgIpc) is 2.73. The molecule has 1 atom stereocenters. The molecule has 1 aliphatic rings. The molecule has 2 rings (SSSR count). The summed E-state index contributed by atoms with van der Waals surface area (Å²) in [5.41, 5.74) is 1.30. The molecule has 0 bridgehead atoms.